The molecule has 2 nitrogen and oxygen atoms in total. The van der Waals surface area contributed by atoms with Gasteiger partial charge in [0.1, 0.15) is 6.10 Å². The van der Waals surface area contributed by atoms with Crippen LogP contribution in [0.3, 0.4) is 0 Å². The number of halogens is 1. The van der Waals surface area contributed by atoms with Crippen molar-refractivity contribution < 1.29 is 4.74 Å². The van der Waals surface area contributed by atoms with Crippen molar-refractivity contribution in [1.29, 1.82) is 0 Å². The summed E-state index contributed by atoms with van der Waals surface area (Å²) in [4.78, 5) is 1.07. The molecular formula is C15H18ClNOS. The lowest BCUT2D eigenvalue weighted by Crippen LogP contribution is -2.27. The average molecular weight is 296 g/mol. The molecule has 0 amide bonds. The number of benzene rings is 1. The maximum Gasteiger partial charge on any atom is 0.107 e. The van der Waals surface area contributed by atoms with Gasteiger partial charge in [0.05, 0.1) is 10.4 Å². The van der Waals surface area contributed by atoms with E-state index in [0.29, 0.717) is 0 Å². The first-order chi connectivity index (χ1) is 9.08. The highest BCUT2D eigenvalue weighted by Crippen LogP contribution is 2.34. The Morgan fingerprint density at radius 2 is 1.79 bits per heavy atom. The third-order valence-electron chi connectivity index (χ3n) is 2.97. The van der Waals surface area contributed by atoms with E-state index in [1.165, 1.54) is 11.3 Å². The molecule has 3 unspecified atom stereocenters. The van der Waals surface area contributed by atoms with Crippen LogP contribution in [0.4, 0.5) is 0 Å². The molecule has 0 radical (unpaired) electrons. The van der Waals surface area contributed by atoms with Gasteiger partial charge in [-0.15, -0.1) is 11.3 Å². The van der Waals surface area contributed by atoms with E-state index in [0.717, 1.165) is 14.8 Å². The smallest absolute Gasteiger partial charge is 0.107 e. The summed E-state index contributed by atoms with van der Waals surface area (Å²) in [6.45, 7) is 4.00. The van der Waals surface area contributed by atoms with Crippen LogP contribution < -0.4 is 5.73 Å². The van der Waals surface area contributed by atoms with Crippen molar-refractivity contribution >= 4 is 22.9 Å². The zero-order valence-electron chi connectivity index (χ0n) is 11.0. The van der Waals surface area contributed by atoms with Crippen molar-refractivity contribution in [2.24, 2.45) is 5.73 Å². The minimum absolute atomic E-state index is 0.00178. The Kier molecular flexibility index (Phi) is 4.99. The third kappa shape index (κ3) is 3.80. The molecule has 1 aromatic carbocycles. The summed E-state index contributed by atoms with van der Waals surface area (Å²) < 4.78 is 6.88. The first-order valence-corrected chi connectivity index (χ1v) is 7.48. The standard InChI is InChI=1S/C15H18ClNOS/c1-10(17)15(13-8-9-14(16)19-13)18-11(2)12-6-4-3-5-7-12/h3-11,15H,17H2,1-2H3. The molecule has 1 aromatic heterocycles. The molecular weight excluding hydrogens is 278 g/mol. The van der Waals surface area contributed by atoms with Crippen molar-refractivity contribution in [3.63, 3.8) is 0 Å². The Morgan fingerprint density at radius 1 is 1.11 bits per heavy atom. The minimum atomic E-state index is -0.132. The van der Waals surface area contributed by atoms with E-state index in [9.17, 15) is 0 Å². The van der Waals surface area contributed by atoms with Gasteiger partial charge in [-0.3, -0.25) is 0 Å². The van der Waals surface area contributed by atoms with Crippen molar-refractivity contribution in [2.45, 2.75) is 32.1 Å². The van der Waals surface area contributed by atoms with Crippen LogP contribution >= 0.6 is 22.9 Å². The van der Waals surface area contributed by atoms with E-state index >= 15 is 0 Å². The molecule has 19 heavy (non-hydrogen) atoms. The van der Waals surface area contributed by atoms with Gasteiger partial charge in [0.15, 0.2) is 0 Å². The molecule has 102 valence electrons. The average Bonchev–Trinajstić information content (AvgIpc) is 2.82. The summed E-state index contributed by atoms with van der Waals surface area (Å²) in [6.07, 6.45) is -0.134. The topological polar surface area (TPSA) is 35.2 Å². The molecule has 0 aliphatic heterocycles. The van der Waals surface area contributed by atoms with Gasteiger partial charge in [-0.05, 0) is 31.5 Å². The highest BCUT2D eigenvalue weighted by atomic mass is 35.5. The van der Waals surface area contributed by atoms with Crippen LogP contribution in [0.5, 0.6) is 0 Å². The largest absolute Gasteiger partial charge is 0.363 e. The van der Waals surface area contributed by atoms with E-state index in [2.05, 4.69) is 12.1 Å². The molecule has 2 N–H and O–H groups in total. The van der Waals surface area contributed by atoms with Gasteiger partial charge >= 0.3 is 0 Å². The third-order valence-corrected chi connectivity index (χ3v) is 4.26. The van der Waals surface area contributed by atoms with E-state index in [1.807, 2.05) is 44.2 Å². The van der Waals surface area contributed by atoms with Crippen LogP contribution in [-0.4, -0.2) is 6.04 Å². The maximum atomic E-state index is 6.12. The lowest BCUT2D eigenvalue weighted by atomic mass is 10.1. The fourth-order valence-electron chi connectivity index (χ4n) is 1.95. The second-order valence-corrected chi connectivity index (χ2v) is 6.36. The molecule has 2 rings (SSSR count). The fraction of sp³-hybridized carbons (Fsp3) is 0.333. The lowest BCUT2D eigenvalue weighted by Gasteiger charge is -2.24. The Labute approximate surface area is 123 Å². The quantitative estimate of drug-likeness (QED) is 0.877. The van der Waals surface area contributed by atoms with Crippen molar-refractivity contribution in [3.05, 3.63) is 57.2 Å². The number of hydrogen-bond acceptors (Lipinski definition) is 3. The molecule has 2 aromatic rings. The molecule has 4 heteroatoms. The molecule has 0 bridgehead atoms. The SMILES string of the molecule is CC(OC(c1ccc(Cl)s1)C(C)N)c1ccccc1. The first kappa shape index (κ1) is 14.5. The molecule has 1 heterocycles. The number of ether oxygens (including phenoxy) is 1. The Morgan fingerprint density at radius 3 is 2.32 bits per heavy atom. The van der Waals surface area contributed by atoms with Gasteiger partial charge in [-0.1, -0.05) is 41.9 Å². The molecule has 0 aliphatic rings. The Hall–Kier alpha value is -0.870. The summed E-state index contributed by atoms with van der Waals surface area (Å²) in [5.74, 6) is 0. The van der Waals surface area contributed by atoms with Crippen LogP contribution in [0.25, 0.3) is 0 Å². The number of nitrogens with two attached hydrogens (primary N) is 1. The van der Waals surface area contributed by atoms with Crippen molar-refractivity contribution in [3.8, 4) is 0 Å². The highest BCUT2D eigenvalue weighted by Gasteiger charge is 2.22. The van der Waals surface area contributed by atoms with E-state index < -0.39 is 0 Å². The van der Waals surface area contributed by atoms with Crippen LogP contribution in [0.2, 0.25) is 4.34 Å². The predicted octanol–water partition coefficient (Wildman–Crippen LogP) is 4.57. The summed E-state index contributed by atoms with van der Waals surface area (Å²) >= 11 is 7.51. The first-order valence-electron chi connectivity index (χ1n) is 6.29. The normalized spacial score (nSPS) is 16.0. The van der Waals surface area contributed by atoms with E-state index in [-0.39, 0.29) is 18.2 Å². The van der Waals surface area contributed by atoms with Gasteiger partial charge in [-0.25, -0.2) is 0 Å². The molecule has 3 atom stereocenters. The number of thiophene rings is 1. The van der Waals surface area contributed by atoms with Crippen LogP contribution in [-0.2, 0) is 4.74 Å². The van der Waals surface area contributed by atoms with Crippen LogP contribution in [0, 0.1) is 0 Å². The molecule has 0 fully saturated rings. The minimum Gasteiger partial charge on any atom is -0.363 e. The monoisotopic (exact) mass is 295 g/mol. The summed E-state index contributed by atoms with van der Waals surface area (Å²) in [6, 6.07) is 13.9. The molecule has 0 spiro atoms. The van der Waals surface area contributed by atoms with Crippen molar-refractivity contribution in [2.75, 3.05) is 0 Å². The molecule has 0 saturated carbocycles. The number of hydrogen-bond donors (Lipinski definition) is 1. The zero-order chi connectivity index (χ0) is 13.8. The van der Waals surface area contributed by atoms with Gasteiger partial charge < -0.3 is 10.5 Å². The second kappa shape index (κ2) is 6.53. The van der Waals surface area contributed by atoms with Crippen molar-refractivity contribution in [1.82, 2.24) is 0 Å². The Bertz CT molecular complexity index is 512. The molecule has 0 saturated heterocycles. The van der Waals surface area contributed by atoms with E-state index in [4.69, 9.17) is 22.1 Å². The fourth-order valence-corrected chi connectivity index (χ4v) is 3.17. The summed E-state index contributed by atoms with van der Waals surface area (Å²) in [5, 5.41) is 0. The maximum absolute atomic E-state index is 6.12. The lowest BCUT2D eigenvalue weighted by molar-refractivity contribution is -0.0142. The van der Waals surface area contributed by atoms with Crippen LogP contribution in [0.1, 0.15) is 36.5 Å². The van der Waals surface area contributed by atoms with Gasteiger partial charge in [0, 0.05) is 10.9 Å². The van der Waals surface area contributed by atoms with E-state index in [1.54, 1.807) is 0 Å². The molecule has 0 aliphatic carbocycles. The van der Waals surface area contributed by atoms with Crippen LogP contribution in [0.15, 0.2) is 42.5 Å². The van der Waals surface area contributed by atoms with Gasteiger partial charge in [0.25, 0.3) is 0 Å². The zero-order valence-corrected chi connectivity index (χ0v) is 12.6. The highest BCUT2D eigenvalue weighted by molar-refractivity contribution is 7.16. The summed E-state index contributed by atoms with van der Waals surface area (Å²) in [5.41, 5.74) is 7.19. The van der Waals surface area contributed by atoms with Gasteiger partial charge in [0.2, 0.25) is 0 Å². The Balaban J connectivity index is 2.13. The predicted molar refractivity (Wildman–Crippen MR) is 81.7 cm³/mol. The number of rotatable bonds is 5. The summed E-state index contributed by atoms with van der Waals surface area (Å²) in [7, 11) is 0. The second-order valence-electron chi connectivity index (χ2n) is 4.61. The van der Waals surface area contributed by atoms with Gasteiger partial charge in [-0.2, -0.15) is 0 Å².